The Bertz CT molecular complexity index is 83.4. The molecule has 0 aliphatic carbocycles. The van der Waals surface area contributed by atoms with Gasteiger partial charge in [-0.25, -0.2) is 0 Å². The molecule has 0 bridgehead atoms. The van der Waals surface area contributed by atoms with Crippen molar-refractivity contribution in [1.82, 2.24) is 3.11 Å². The van der Waals surface area contributed by atoms with Gasteiger partial charge in [0.2, 0.25) is 0 Å². The lowest BCUT2D eigenvalue weighted by atomic mass is 10.5. The Balaban J connectivity index is 3.32. The van der Waals surface area contributed by atoms with Gasteiger partial charge in [0.25, 0.3) is 0 Å². The van der Waals surface area contributed by atoms with E-state index in [9.17, 15) is 0 Å². The summed E-state index contributed by atoms with van der Waals surface area (Å²) in [6.45, 7) is 2.91. The molecule has 0 aliphatic rings. The summed E-state index contributed by atoms with van der Waals surface area (Å²) in [5.41, 5.74) is 5.12. The van der Waals surface area contributed by atoms with E-state index >= 15 is 0 Å². The fraction of sp³-hybridized carbons (Fsp3) is 0.750. The zero-order valence-corrected chi connectivity index (χ0v) is 6.97. The van der Waals surface area contributed by atoms with Gasteiger partial charge in [0, 0.05) is 6.54 Å². The summed E-state index contributed by atoms with van der Waals surface area (Å²) in [5, 5.41) is 6.90. The molecule has 0 aromatic heterocycles. The molecular weight excluding hydrogens is 217 g/mol. The minimum Gasteiger partial charge on any atom is -0.369 e. The molecule has 0 spiro atoms. The van der Waals surface area contributed by atoms with E-state index in [1.54, 1.807) is 3.11 Å². The van der Waals surface area contributed by atoms with Gasteiger partial charge in [0.05, 0.1) is 22.9 Å². The van der Waals surface area contributed by atoms with E-state index in [0.717, 1.165) is 13.0 Å². The SMILES string of the molecule is CCCN(I)C(=N)N. The number of nitrogens with one attached hydrogen (secondary N) is 1. The van der Waals surface area contributed by atoms with Crippen LogP contribution in [0.3, 0.4) is 0 Å². The monoisotopic (exact) mass is 227 g/mol. The zero-order valence-electron chi connectivity index (χ0n) is 4.82. The van der Waals surface area contributed by atoms with Crippen LogP contribution in [0.1, 0.15) is 13.3 Å². The highest BCUT2D eigenvalue weighted by atomic mass is 127. The fourth-order valence-corrected chi connectivity index (χ4v) is 0.799. The summed E-state index contributed by atoms with van der Waals surface area (Å²) in [6.07, 6.45) is 1.03. The van der Waals surface area contributed by atoms with Crippen LogP contribution in [0.4, 0.5) is 0 Å². The Labute approximate surface area is 63.2 Å². The minimum atomic E-state index is 0.132. The van der Waals surface area contributed by atoms with Crippen molar-refractivity contribution in [3.8, 4) is 0 Å². The molecule has 0 aromatic rings. The average molecular weight is 227 g/mol. The van der Waals surface area contributed by atoms with Crippen molar-refractivity contribution in [2.24, 2.45) is 5.73 Å². The molecule has 0 saturated carbocycles. The van der Waals surface area contributed by atoms with Gasteiger partial charge < -0.3 is 5.73 Å². The summed E-state index contributed by atoms with van der Waals surface area (Å²) in [6, 6.07) is 0. The van der Waals surface area contributed by atoms with Crippen molar-refractivity contribution >= 4 is 28.8 Å². The Hall–Kier alpha value is 0. The van der Waals surface area contributed by atoms with Crippen LogP contribution in [0, 0.1) is 5.41 Å². The smallest absolute Gasteiger partial charge is 0.197 e. The number of halogens is 1. The first-order valence-corrected chi connectivity index (χ1v) is 3.42. The molecule has 0 amide bonds. The van der Waals surface area contributed by atoms with E-state index in [0.29, 0.717) is 0 Å². The Kier molecular flexibility index (Phi) is 3.94. The zero-order chi connectivity index (χ0) is 6.57. The van der Waals surface area contributed by atoms with Crippen molar-refractivity contribution in [3.05, 3.63) is 0 Å². The van der Waals surface area contributed by atoms with E-state index in [-0.39, 0.29) is 5.96 Å². The number of guanidine groups is 1. The van der Waals surface area contributed by atoms with Gasteiger partial charge in [-0.15, -0.1) is 0 Å². The van der Waals surface area contributed by atoms with E-state index < -0.39 is 0 Å². The first-order valence-electron chi connectivity index (χ1n) is 2.45. The lowest BCUT2D eigenvalue weighted by molar-refractivity contribution is 0.680. The lowest BCUT2D eigenvalue weighted by Gasteiger charge is -2.10. The summed E-state index contributed by atoms with van der Waals surface area (Å²) >= 11 is 2.02. The van der Waals surface area contributed by atoms with Crippen LogP contribution < -0.4 is 5.73 Å². The standard InChI is InChI=1S/C4H10IN3/c1-2-3-8(5)4(6)7/h2-3H2,1H3,(H3,6,7). The number of hydrogen-bond acceptors (Lipinski definition) is 1. The molecular formula is C4H10IN3. The maximum atomic E-state index is 6.90. The molecule has 8 heavy (non-hydrogen) atoms. The highest BCUT2D eigenvalue weighted by Gasteiger charge is 1.96. The largest absolute Gasteiger partial charge is 0.369 e. The molecule has 0 aliphatic heterocycles. The quantitative estimate of drug-likeness (QED) is 0.319. The third kappa shape index (κ3) is 3.06. The highest BCUT2D eigenvalue weighted by Crippen LogP contribution is 1.96. The topological polar surface area (TPSA) is 53.1 Å². The Morgan fingerprint density at radius 1 is 1.88 bits per heavy atom. The molecule has 0 rings (SSSR count). The summed E-state index contributed by atoms with van der Waals surface area (Å²) in [7, 11) is 0. The second-order valence-corrected chi connectivity index (χ2v) is 2.64. The maximum absolute atomic E-state index is 6.90. The number of hydrogen-bond donors (Lipinski definition) is 2. The number of rotatable bonds is 2. The molecule has 0 radical (unpaired) electrons. The van der Waals surface area contributed by atoms with Crippen LogP contribution >= 0.6 is 22.9 Å². The molecule has 4 heteroatoms. The van der Waals surface area contributed by atoms with Gasteiger partial charge in [-0.1, -0.05) is 6.92 Å². The van der Waals surface area contributed by atoms with Crippen LogP contribution in [0.2, 0.25) is 0 Å². The first-order chi connectivity index (χ1) is 3.68. The summed E-state index contributed by atoms with van der Waals surface area (Å²) in [5.74, 6) is 0.132. The number of nitrogens with zero attached hydrogens (tertiary/aromatic N) is 1. The van der Waals surface area contributed by atoms with Crippen molar-refractivity contribution in [1.29, 1.82) is 5.41 Å². The van der Waals surface area contributed by atoms with Gasteiger partial charge >= 0.3 is 0 Å². The van der Waals surface area contributed by atoms with Crippen molar-refractivity contribution in [2.45, 2.75) is 13.3 Å². The molecule has 0 atom stereocenters. The van der Waals surface area contributed by atoms with Crippen LogP contribution in [0.5, 0.6) is 0 Å². The van der Waals surface area contributed by atoms with Gasteiger partial charge in [-0.05, 0) is 6.42 Å². The number of nitrogens with two attached hydrogens (primary N) is 1. The van der Waals surface area contributed by atoms with Gasteiger partial charge in [0.1, 0.15) is 0 Å². The molecule has 0 fully saturated rings. The van der Waals surface area contributed by atoms with Gasteiger partial charge in [0.15, 0.2) is 5.96 Å². The van der Waals surface area contributed by atoms with Crippen molar-refractivity contribution in [3.63, 3.8) is 0 Å². The van der Waals surface area contributed by atoms with E-state index in [2.05, 4.69) is 6.92 Å². The van der Waals surface area contributed by atoms with E-state index in [1.165, 1.54) is 0 Å². The predicted octanol–water partition coefficient (Wildman–Crippen LogP) is 0.942. The molecule has 48 valence electrons. The Morgan fingerprint density at radius 3 is 2.50 bits per heavy atom. The van der Waals surface area contributed by atoms with Crippen LogP contribution in [-0.2, 0) is 0 Å². The second-order valence-electron chi connectivity index (χ2n) is 1.47. The maximum Gasteiger partial charge on any atom is 0.197 e. The summed E-state index contributed by atoms with van der Waals surface area (Å²) in [4.78, 5) is 0. The first kappa shape index (κ1) is 8.00. The molecule has 3 N–H and O–H groups in total. The van der Waals surface area contributed by atoms with E-state index in [4.69, 9.17) is 11.1 Å². The van der Waals surface area contributed by atoms with Gasteiger partial charge in [-0.2, -0.15) is 0 Å². The summed E-state index contributed by atoms with van der Waals surface area (Å²) < 4.78 is 1.68. The second kappa shape index (κ2) is 3.94. The fourth-order valence-electron chi connectivity index (χ4n) is 0.317. The van der Waals surface area contributed by atoms with Crippen LogP contribution in [0.25, 0.3) is 0 Å². The minimum absolute atomic E-state index is 0.132. The molecule has 0 unspecified atom stereocenters. The highest BCUT2D eigenvalue weighted by molar-refractivity contribution is 14.1. The predicted molar refractivity (Wildman–Crippen MR) is 42.9 cm³/mol. The normalized spacial score (nSPS) is 8.75. The van der Waals surface area contributed by atoms with Crippen molar-refractivity contribution < 1.29 is 0 Å². The van der Waals surface area contributed by atoms with Crippen molar-refractivity contribution in [2.75, 3.05) is 6.54 Å². The van der Waals surface area contributed by atoms with Gasteiger partial charge in [-0.3, -0.25) is 8.52 Å². The van der Waals surface area contributed by atoms with E-state index in [1.807, 2.05) is 22.9 Å². The molecule has 0 saturated heterocycles. The van der Waals surface area contributed by atoms with Crippen LogP contribution in [0.15, 0.2) is 0 Å². The Morgan fingerprint density at radius 2 is 2.38 bits per heavy atom. The average Bonchev–Trinajstić information content (AvgIpc) is 1.67. The van der Waals surface area contributed by atoms with Crippen LogP contribution in [-0.4, -0.2) is 15.6 Å². The lowest BCUT2D eigenvalue weighted by Crippen LogP contribution is -2.28. The third-order valence-electron chi connectivity index (χ3n) is 0.681. The molecule has 0 aromatic carbocycles. The molecule has 0 heterocycles. The molecule has 3 nitrogen and oxygen atoms in total. The third-order valence-corrected chi connectivity index (χ3v) is 1.68.